The predicted molar refractivity (Wildman–Crippen MR) is 53.9 cm³/mol. The van der Waals surface area contributed by atoms with Crippen LogP contribution in [-0.2, 0) is 5.41 Å². The molecule has 2 rings (SSSR count). The third-order valence-corrected chi connectivity index (χ3v) is 3.07. The van der Waals surface area contributed by atoms with E-state index in [4.69, 9.17) is 5.73 Å². The Morgan fingerprint density at radius 1 is 1.40 bits per heavy atom. The molecular formula is C11H14F2N2. The molecule has 0 aliphatic heterocycles. The molecule has 0 radical (unpaired) electrons. The van der Waals surface area contributed by atoms with Gasteiger partial charge in [0.25, 0.3) is 0 Å². The second kappa shape index (κ2) is 3.23. The number of aromatic nitrogens is 1. The molecule has 1 saturated carbocycles. The fourth-order valence-corrected chi connectivity index (χ4v) is 2.25. The van der Waals surface area contributed by atoms with Crippen LogP contribution in [0.2, 0.25) is 0 Å². The highest BCUT2D eigenvalue weighted by atomic mass is 19.3. The zero-order valence-electron chi connectivity index (χ0n) is 8.63. The zero-order valence-corrected chi connectivity index (χ0v) is 8.63. The van der Waals surface area contributed by atoms with Crippen LogP contribution in [-0.4, -0.2) is 17.5 Å². The Labute approximate surface area is 87.5 Å². The molecule has 1 heterocycles. The second-order valence-corrected chi connectivity index (χ2v) is 4.44. The van der Waals surface area contributed by atoms with E-state index in [0.29, 0.717) is 0 Å². The molecule has 2 N–H and O–H groups in total. The van der Waals surface area contributed by atoms with Crippen molar-refractivity contribution in [2.45, 2.75) is 31.1 Å². The summed E-state index contributed by atoms with van der Waals surface area (Å²) in [7, 11) is 0. The van der Waals surface area contributed by atoms with Crippen LogP contribution in [0.4, 0.5) is 8.78 Å². The van der Waals surface area contributed by atoms with Gasteiger partial charge in [-0.25, -0.2) is 8.78 Å². The van der Waals surface area contributed by atoms with Crippen LogP contribution < -0.4 is 5.73 Å². The summed E-state index contributed by atoms with van der Waals surface area (Å²) in [5.41, 5.74) is 6.88. The van der Waals surface area contributed by atoms with Crippen molar-refractivity contribution in [1.29, 1.82) is 0 Å². The largest absolute Gasteiger partial charge is 0.330 e. The molecule has 1 aliphatic rings. The van der Waals surface area contributed by atoms with Gasteiger partial charge >= 0.3 is 0 Å². The maximum absolute atomic E-state index is 12.9. The van der Waals surface area contributed by atoms with Gasteiger partial charge in [-0.05, 0) is 18.1 Å². The van der Waals surface area contributed by atoms with Gasteiger partial charge in [-0.3, -0.25) is 4.98 Å². The van der Waals surface area contributed by atoms with Gasteiger partial charge in [0.2, 0.25) is 5.92 Å². The molecule has 1 aliphatic carbocycles. The summed E-state index contributed by atoms with van der Waals surface area (Å²) in [6, 6.07) is 1.90. The molecule has 2 nitrogen and oxygen atoms in total. The van der Waals surface area contributed by atoms with Crippen LogP contribution in [0.3, 0.4) is 0 Å². The lowest BCUT2D eigenvalue weighted by molar-refractivity contribution is -0.123. The molecule has 0 unspecified atom stereocenters. The first-order valence-electron chi connectivity index (χ1n) is 4.98. The maximum atomic E-state index is 12.9. The standard InChI is InChI=1S/C11H14F2N2/c1-8-2-9(4-15-3-8)10(7-14)5-11(12,13)6-10/h2-4H,5-7,14H2,1H3. The van der Waals surface area contributed by atoms with Gasteiger partial charge in [-0.2, -0.15) is 0 Å². The highest BCUT2D eigenvalue weighted by Gasteiger charge is 2.56. The lowest BCUT2D eigenvalue weighted by Gasteiger charge is -2.47. The second-order valence-electron chi connectivity index (χ2n) is 4.44. The summed E-state index contributed by atoms with van der Waals surface area (Å²) in [5, 5.41) is 0. The summed E-state index contributed by atoms with van der Waals surface area (Å²) >= 11 is 0. The van der Waals surface area contributed by atoms with Gasteiger partial charge in [0.15, 0.2) is 0 Å². The van der Waals surface area contributed by atoms with Gasteiger partial charge < -0.3 is 5.73 Å². The molecule has 15 heavy (non-hydrogen) atoms. The summed E-state index contributed by atoms with van der Waals surface area (Å²) in [4.78, 5) is 4.03. The fraction of sp³-hybridized carbons (Fsp3) is 0.545. The summed E-state index contributed by atoms with van der Waals surface area (Å²) in [6.45, 7) is 2.16. The first kappa shape index (κ1) is 10.5. The molecule has 1 aromatic heterocycles. The number of pyridine rings is 1. The molecular weight excluding hydrogens is 198 g/mol. The smallest absolute Gasteiger partial charge is 0.250 e. The molecule has 0 saturated heterocycles. The van der Waals surface area contributed by atoms with Crippen LogP contribution >= 0.6 is 0 Å². The maximum Gasteiger partial charge on any atom is 0.250 e. The minimum Gasteiger partial charge on any atom is -0.330 e. The number of alkyl halides is 2. The number of hydrogen-bond acceptors (Lipinski definition) is 2. The van der Waals surface area contributed by atoms with Crippen molar-refractivity contribution in [2.75, 3.05) is 6.54 Å². The lowest BCUT2D eigenvalue weighted by Crippen LogP contribution is -2.53. The fourth-order valence-electron chi connectivity index (χ4n) is 2.25. The number of nitrogens with two attached hydrogens (primary N) is 1. The van der Waals surface area contributed by atoms with E-state index in [1.165, 1.54) is 0 Å². The van der Waals surface area contributed by atoms with Crippen molar-refractivity contribution >= 4 is 0 Å². The lowest BCUT2D eigenvalue weighted by atomic mass is 9.62. The van der Waals surface area contributed by atoms with E-state index in [0.717, 1.165) is 11.1 Å². The summed E-state index contributed by atoms with van der Waals surface area (Å²) < 4.78 is 25.9. The Kier molecular flexibility index (Phi) is 2.26. The van der Waals surface area contributed by atoms with Gasteiger partial charge in [0.1, 0.15) is 0 Å². The quantitative estimate of drug-likeness (QED) is 0.814. The Morgan fingerprint density at radius 2 is 2.07 bits per heavy atom. The molecule has 82 valence electrons. The van der Waals surface area contributed by atoms with Gasteiger partial charge in [-0.15, -0.1) is 0 Å². The monoisotopic (exact) mass is 212 g/mol. The number of aryl methyl sites for hydroxylation is 1. The Bertz CT molecular complexity index is 369. The molecule has 4 heteroatoms. The molecule has 0 atom stereocenters. The minimum atomic E-state index is -2.55. The minimum absolute atomic E-state index is 0.151. The van der Waals surface area contributed by atoms with Crippen LogP contribution in [0.15, 0.2) is 18.5 Å². The topological polar surface area (TPSA) is 38.9 Å². The highest BCUT2D eigenvalue weighted by Crippen LogP contribution is 2.52. The summed E-state index contributed by atoms with van der Waals surface area (Å²) in [6.07, 6.45) is 3.06. The Morgan fingerprint density at radius 3 is 2.53 bits per heavy atom. The Balaban J connectivity index is 2.29. The van der Waals surface area contributed by atoms with Gasteiger partial charge in [0, 0.05) is 37.2 Å². The first-order chi connectivity index (χ1) is 6.97. The third kappa shape index (κ3) is 1.74. The third-order valence-electron chi connectivity index (χ3n) is 3.07. The van der Waals surface area contributed by atoms with Crippen molar-refractivity contribution in [3.8, 4) is 0 Å². The van der Waals surface area contributed by atoms with E-state index in [2.05, 4.69) is 4.98 Å². The van der Waals surface area contributed by atoms with Gasteiger partial charge in [0.05, 0.1) is 0 Å². The van der Waals surface area contributed by atoms with E-state index in [-0.39, 0.29) is 19.4 Å². The molecule has 1 fully saturated rings. The number of hydrogen-bond donors (Lipinski definition) is 1. The van der Waals surface area contributed by atoms with E-state index < -0.39 is 11.3 Å². The number of nitrogens with zero attached hydrogens (tertiary/aromatic N) is 1. The van der Waals surface area contributed by atoms with Crippen molar-refractivity contribution in [3.63, 3.8) is 0 Å². The molecule has 0 bridgehead atoms. The SMILES string of the molecule is Cc1cncc(C2(CN)CC(F)(F)C2)c1. The molecule has 0 spiro atoms. The Hall–Kier alpha value is -1.03. The zero-order chi connectivity index (χ0) is 11.1. The summed E-state index contributed by atoms with van der Waals surface area (Å²) in [5.74, 6) is -2.55. The molecule has 0 aromatic carbocycles. The first-order valence-corrected chi connectivity index (χ1v) is 4.98. The number of rotatable bonds is 2. The molecule has 1 aromatic rings. The van der Waals surface area contributed by atoms with E-state index in [9.17, 15) is 8.78 Å². The van der Waals surface area contributed by atoms with E-state index in [1.807, 2.05) is 13.0 Å². The van der Waals surface area contributed by atoms with Crippen LogP contribution in [0, 0.1) is 6.92 Å². The highest BCUT2D eigenvalue weighted by molar-refractivity contribution is 5.31. The molecule has 0 amide bonds. The normalized spacial score (nSPS) is 22.1. The number of halogens is 2. The van der Waals surface area contributed by atoms with Crippen LogP contribution in [0.5, 0.6) is 0 Å². The van der Waals surface area contributed by atoms with Crippen LogP contribution in [0.25, 0.3) is 0 Å². The van der Waals surface area contributed by atoms with Crippen molar-refractivity contribution < 1.29 is 8.78 Å². The average Bonchev–Trinajstić information content (AvgIpc) is 2.13. The van der Waals surface area contributed by atoms with Crippen LogP contribution in [0.1, 0.15) is 24.0 Å². The van der Waals surface area contributed by atoms with Crippen molar-refractivity contribution in [3.05, 3.63) is 29.6 Å². The van der Waals surface area contributed by atoms with E-state index in [1.54, 1.807) is 12.4 Å². The van der Waals surface area contributed by atoms with Crippen molar-refractivity contribution in [1.82, 2.24) is 4.98 Å². The van der Waals surface area contributed by atoms with Gasteiger partial charge in [-0.1, -0.05) is 6.07 Å². The van der Waals surface area contributed by atoms with Crippen molar-refractivity contribution in [2.24, 2.45) is 5.73 Å². The predicted octanol–water partition coefficient (Wildman–Crippen LogP) is 2.02. The average molecular weight is 212 g/mol. The van der Waals surface area contributed by atoms with E-state index >= 15 is 0 Å².